The molecule has 8 heteroatoms. The molecule has 0 radical (unpaired) electrons. The predicted octanol–water partition coefficient (Wildman–Crippen LogP) is 4.94. The number of aromatic amines is 1. The Morgan fingerprint density at radius 2 is 1.97 bits per heavy atom. The SMILES string of the molecule is CCCCOc1ccc([C@]2(C)CC(c3cc4ccccc4s3)=C(c3nn[nH]n3)C(=O)N2)cc1. The first kappa shape index (κ1) is 21.3. The van der Waals surface area contributed by atoms with Crippen molar-refractivity contribution >= 4 is 38.5 Å². The van der Waals surface area contributed by atoms with E-state index in [9.17, 15) is 4.79 Å². The smallest absolute Gasteiger partial charge is 0.256 e. The first-order valence-electron chi connectivity index (χ1n) is 11.1. The summed E-state index contributed by atoms with van der Waals surface area (Å²) in [6.45, 7) is 4.90. The van der Waals surface area contributed by atoms with Crippen LogP contribution in [0.3, 0.4) is 0 Å². The van der Waals surface area contributed by atoms with Gasteiger partial charge in [-0.1, -0.05) is 43.7 Å². The van der Waals surface area contributed by atoms with E-state index >= 15 is 0 Å². The lowest BCUT2D eigenvalue weighted by atomic mass is 9.80. The molecule has 2 N–H and O–H groups in total. The van der Waals surface area contributed by atoms with Gasteiger partial charge in [0, 0.05) is 16.0 Å². The minimum absolute atomic E-state index is 0.208. The normalized spacial score (nSPS) is 18.5. The molecule has 168 valence electrons. The largest absolute Gasteiger partial charge is 0.494 e. The van der Waals surface area contributed by atoms with Crippen LogP contribution in [0.4, 0.5) is 0 Å². The number of hydrogen-bond acceptors (Lipinski definition) is 6. The lowest BCUT2D eigenvalue weighted by Gasteiger charge is -2.37. The molecule has 5 rings (SSSR count). The molecule has 0 unspecified atom stereocenters. The molecule has 1 aliphatic heterocycles. The summed E-state index contributed by atoms with van der Waals surface area (Å²) in [5.41, 5.74) is 1.82. The van der Waals surface area contributed by atoms with Gasteiger partial charge in [0.2, 0.25) is 5.82 Å². The topological polar surface area (TPSA) is 92.8 Å². The Hall–Kier alpha value is -3.52. The molecular weight excluding hydrogens is 434 g/mol. The van der Waals surface area contributed by atoms with Crippen LogP contribution in [-0.2, 0) is 10.3 Å². The predicted molar refractivity (Wildman–Crippen MR) is 130 cm³/mol. The molecule has 33 heavy (non-hydrogen) atoms. The zero-order valence-electron chi connectivity index (χ0n) is 18.6. The van der Waals surface area contributed by atoms with E-state index in [4.69, 9.17) is 4.74 Å². The summed E-state index contributed by atoms with van der Waals surface area (Å²) in [5, 5.41) is 18.7. The molecule has 4 aromatic rings. The van der Waals surface area contributed by atoms with Crippen molar-refractivity contribution in [1.82, 2.24) is 25.9 Å². The number of unbranched alkanes of at least 4 members (excludes halogenated alkanes) is 1. The lowest BCUT2D eigenvalue weighted by molar-refractivity contribution is -0.117. The molecule has 1 amide bonds. The van der Waals surface area contributed by atoms with E-state index in [-0.39, 0.29) is 5.91 Å². The summed E-state index contributed by atoms with van der Waals surface area (Å²) in [5.74, 6) is 0.938. The van der Waals surface area contributed by atoms with Crippen LogP contribution in [0.25, 0.3) is 21.2 Å². The zero-order chi connectivity index (χ0) is 22.8. The van der Waals surface area contributed by atoms with Gasteiger partial charge < -0.3 is 10.1 Å². The van der Waals surface area contributed by atoms with Gasteiger partial charge in [0.1, 0.15) is 5.75 Å². The number of hydrogen-bond donors (Lipinski definition) is 2. The molecule has 0 saturated carbocycles. The molecule has 1 aliphatic rings. The molecule has 0 bridgehead atoms. The quantitative estimate of drug-likeness (QED) is 0.382. The summed E-state index contributed by atoms with van der Waals surface area (Å²) >= 11 is 1.67. The number of amides is 1. The van der Waals surface area contributed by atoms with E-state index in [1.807, 2.05) is 36.4 Å². The molecular formula is C25H25N5O2S. The number of H-pyrrole nitrogens is 1. The number of carbonyl (C=O) groups excluding carboxylic acids is 1. The summed E-state index contributed by atoms with van der Waals surface area (Å²) in [6, 6.07) is 18.4. The van der Waals surface area contributed by atoms with Gasteiger partial charge in [-0.2, -0.15) is 5.21 Å². The summed E-state index contributed by atoms with van der Waals surface area (Å²) in [4.78, 5) is 14.4. The van der Waals surface area contributed by atoms with Gasteiger partial charge in [-0.15, -0.1) is 21.5 Å². The third-order valence-corrected chi connectivity index (χ3v) is 7.17. The van der Waals surface area contributed by atoms with Gasteiger partial charge in [-0.25, -0.2) is 0 Å². The van der Waals surface area contributed by atoms with Crippen molar-refractivity contribution in [2.24, 2.45) is 0 Å². The zero-order valence-corrected chi connectivity index (χ0v) is 19.4. The number of ether oxygens (including phenoxy) is 1. The van der Waals surface area contributed by atoms with E-state index in [0.717, 1.165) is 40.0 Å². The van der Waals surface area contributed by atoms with Gasteiger partial charge >= 0.3 is 0 Å². The third-order valence-electron chi connectivity index (χ3n) is 6.00. The Labute approximate surface area is 195 Å². The van der Waals surface area contributed by atoms with Crippen molar-refractivity contribution in [2.45, 2.75) is 38.6 Å². The standard InChI is InChI=1S/C25H25N5O2S/c1-3-4-13-32-18-11-9-17(10-12-18)25(2)15-19(21-14-16-7-5-6-8-20(16)33-21)22(24(31)26-25)23-27-29-30-28-23/h5-12,14H,3-4,13,15H2,1-2H3,(H,26,31)(H,27,28,29,30)/t25-/m0/s1. The van der Waals surface area contributed by atoms with Gasteiger partial charge in [0.25, 0.3) is 5.91 Å². The van der Waals surface area contributed by atoms with E-state index in [1.54, 1.807) is 11.3 Å². The number of thiophene rings is 1. The molecule has 0 spiro atoms. The Kier molecular flexibility index (Phi) is 5.68. The van der Waals surface area contributed by atoms with Crippen molar-refractivity contribution in [3.63, 3.8) is 0 Å². The Morgan fingerprint density at radius 1 is 1.15 bits per heavy atom. The van der Waals surface area contributed by atoms with E-state index in [1.165, 1.54) is 4.70 Å². The maximum atomic E-state index is 13.4. The number of tetrazole rings is 1. The van der Waals surface area contributed by atoms with Crippen LogP contribution in [0.2, 0.25) is 0 Å². The number of aromatic nitrogens is 4. The van der Waals surface area contributed by atoms with Crippen LogP contribution in [0.5, 0.6) is 5.75 Å². The fraction of sp³-hybridized carbons (Fsp3) is 0.280. The number of fused-ring (bicyclic) bond motifs is 1. The molecule has 0 fully saturated rings. The van der Waals surface area contributed by atoms with Crippen LogP contribution in [0.1, 0.15) is 49.4 Å². The molecule has 7 nitrogen and oxygen atoms in total. The first-order chi connectivity index (χ1) is 16.1. The van der Waals surface area contributed by atoms with Crippen LogP contribution >= 0.6 is 11.3 Å². The monoisotopic (exact) mass is 459 g/mol. The summed E-state index contributed by atoms with van der Waals surface area (Å²) in [6.07, 6.45) is 2.72. The van der Waals surface area contributed by atoms with Crippen molar-refractivity contribution < 1.29 is 9.53 Å². The average molecular weight is 460 g/mol. The highest BCUT2D eigenvalue weighted by molar-refractivity contribution is 7.20. The van der Waals surface area contributed by atoms with E-state index < -0.39 is 5.54 Å². The Morgan fingerprint density at radius 3 is 2.70 bits per heavy atom. The molecule has 3 heterocycles. The number of nitrogens with zero attached hydrogens (tertiary/aromatic N) is 3. The molecule has 1 atom stereocenters. The van der Waals surface area contributed by atoms with Crippen LogP contribution in [0, 0.1) is 0 Å². The second-order valence-electron chi connectivity index (χ2n) is 8.43. The fourth-order valence-corrected chi connectivity index (χ4v) is 5.32. The van der Waals surface area contributed by atoms with Crippen molar-refractivity contribution in [3.8, 4) is 5.75 Å². The summed E-state index contributed by atoms with van der Waals surface area (Å²) < 4.78 is 6.99. The van der Waals surface area contributed by atoms with Gasteiger partial charge in [0.05, 0.1) is 17.7 Å². The molecule has 2 aromatic heterocycles. The Bertz CT molecular complexity index is 1280. The lowest BCUT2D eigenvalue weighted by Crippen LogP contribution is -2.47. The van der Waals surface area contributed by atoms with E-state index in [2.05, 4.69) is 58.0 Å². The highest BCUT2D eigenvalue weighted by Gasteiger charge is 2.39. The van der Waals surface area contributed by atoms with Crippen molar-refractivity contribution in [3.05, 3.63) is 70.9 Å². The second-order valence-corrected chi connectivity index (χ2v) is 9.51. The second kappa shape index (κ2) is 8.78. The van der Waals surface area contributed by atoms with E-state index in [0.29, 0.717) is 24.4 Å². The van der Waals surface area contributed by atoms with Crippen LogP contribution in [-0.4, -0.2) is 33.1 Å². The number of carbonyl (C=O) groups is 1. The summed E-state index contributed by atoms with van der Waals surface area (Å²) in [7, 11) is 0. The highest BCUT2D eigenvalue weighted by Crippen LogP contribution is 2.44. The van der Waals surface area contributed by atoms with Gasteiger partial charge in [0.15, 0.2) is 0 Å². The molecule has 0 aliphatic carbocycles. The minimum Gasteiger partial charge on any atom is -0.494 e. The van der Waals surface area contributed by atoms with Crippen molar-refractivity contribution in [2.75, 3.05) is 6.61 Å². The van der Waals surface area contributed by atoms with Crippen molar-refractivity contribution in [1.29, 1.82) is 0 Å². The number of benzene rings is 2. The molecule has 0 saturated heterocycles. The average Bonchev–Trinajstić information content (AvgIpc) is 3.49. The van der Waals surface area contributed by atoms with Crippen LogP contribution < -0.4 is 10.1 Å². The maximum Gasteiger partial charge on any atom is 0.256 e. The third kappa shape index (κ3) is 4.14. The minimum atomic E-state index is -0.586. The number of rotatable bonds is 7. The Balaban J connectivity index is 1.54. The maximum absolute atomic E-state index is 13.4. The van der Waals surface area contributed by atoms with Gasteiger partial charge in [-0.3, -0.25) is 4.79 Å². The van der Waals surface area contributed by atoms with Crippen LogP contribution in [0.15, 0.2) is 54.6 Å². The fourth-order valence-electron chi connectivity index (χ4n) is 4.21. The first-order valence-corrected chi connectivity index (χ1v) is 11.9. The van der Waals surface area contributed by atoms with Gasteiger partial charge in [-0.05, 0) is 59.3 Å². The molecule has 2 aromatic carbocycles. The highest BCUT2D eigenvalue weighted by atomic mass is 32.1. The number of nitrogens with one attached hydrogen (secondary N) is 2.